The predicted molar refractivity (Wildman–Crippen MR) is 56.3 cm³/mol. The largest absolute Gasteiger partial charge is 0.335 e. The van der Waals surface area contributed by atoms with Crippen LogP contribution in [0.2, 0.25) is 0 Å². The van der Waals surface area contributed by atoms with Crippen molar-refractivity contribution in [3.8, 4) is 0 Å². The zero-order chi connectivity index (χ0) is 10.6. The van der Waals surface area contributed by atoms with Gasteiger partial charge in [0.15, 0.2) is 0 Å². The molecule has 14 heavy (non-hydrogen) atoms. The Morgan fingerprint density at radius 2 is 2.36 bits per heavy atom. The van der Waals surface area contributed by atoms with E-state index in [0.717, 1.165) is 6.42 Å². The second-order valence-electron chi connectivity index (χ2n) is 3.08. The summed E-state index contributed by atoms with van der Waals surface area (Å²) in [7, 11) is 0. The summed E-state index contributed by atoms with van der Waals surface area (Å²) in [5.41, 5.74) is 0. The van der Waals surface area contributed by atoms with Crippen molar-refractivity contribution >= 4 is 18.2 Å². The van der Waals surface area contributed by atoms with Crippen molar-refractivity contribution in [2.45, 2.75) is 20.3 Å². The number of rotatable bonds is 3. The molecule has 0 radical (unpaired) electrons. The van der Waals surface area contributed by atoms with Crippen LogP contribution in [0.4, 0.5) is 0 Å². The molecule has 1 unspecified atom stereocenters. The summed E-state index contributed by atoms with van der Waals surface area (Å²) in [5.74, 6) is -0.355. The summed E-state index contributed by atoms with van der Waals surface area (Å²) >= 11 is 4.98. The maximum absolute atomic E-state index is 11.4. The van der Waals surface area contributed by atoms with Crippen LogP contribution in [0.25, 0.3) is 0 Å². The van der Waals surface area contributed by atoms with E-state index in [1.165, 1.54) is 4.73 Å². The topological polar surface area (TPSA) is 31.2 Å². The minimum Gasteiger partial charge on any atom is -0.335 e. The van der Waals surface area contributed by atoms with Crippen molar-refractivity contribution in [1.82, 2.24) is 4.73 Å². The molecule has 1 aromatic rings. The quantitative estimate of drug-likeness (QED) is 0.718. The van der Waals surface area contributed by atoms with Crippen molar-refractivity contribution in [3.63, 3.8) is 0 Å². The highest BCUT2D eigenvalue weighted by Crippen LogP contribution is 2.01. The monoisotopic (exact) mass is 211 g/mol. The Balaban J connectivity index is 2.75. The third-order valence-corrected chi connectivity index (χ3v) is 2.31. The van der Waals surface area contributed by atoms with Gasteiger partial charge in [-0.05, 0) is 18.6 Å². The summed E-state index contributed by atoms with van der Waals surface area (Å²) in [6.45, 7) is 3.77. The van der Waals surface area contributed by atoms with Crippen LogP contribution in [0.15, 0.2) is 24.4 Å². The van der Waals surface area contributed by atoms with E-state index in [-0.39, 0.29) is 11.9 Å². The van der Waals surface area contributed by atoms with E-state index >= 15 is 0 Å². The average Bonchev–Trinajstić information content (AvgIpc) is 2.20. The fourth-order valence-electron chi connectivity index (χ4n) is 0.842. The molecule has 1 aromatic heterocycles. The fraction of sp³-hybridized carbons (Fsp3) is 0.400. The highest BCUT2D eigenvalue weighted by Gasteiger charge is 2.12. The molecule has 76 valence electrons. The molecule has 0 aromatic carbocycles. The number of carbonyl (C=O) groups is 1. The fourth-order valence-corrected chi connectivity index (χ4v) is 1.02. The van der Waals surface area contributed by atoms with Crippen LogP contribution in [0.1, 0.15) is 20.3 Å². The van der Waals surface area contributed by atoms with Crippen LogP contribution in [-0.4, -0.2) is 10.7 Å². The normalized spacial score (nSPS) is 12.1. The molecular weight excluding hydrogens is 198 g/mol. The van der Waals surface area contributed by atoms with Gasteiger partial charge < -0.3 is 4.84 Å². The molecule has 0 saturated heterocycles. The van der Waals surface area contributed by atoms with Gasteiger partial charge in [-0.15, -0.1) is 0 Å². The molecule has 3 nitrogen and oxygen atoms in total. The van der Waals surface area contributed by atoms with Gasteiger partial charge >= 0.3 is 5.97 Å². The summed E-state index contributed by atoms with van der Waals surface area (Å²) in [6.07, 6.45) is 2.39. The highest BCUT2D eigenvalue weighted by molar-refractivity contribution is 7.71. The molecule has 4 heteroatoms. The molecule has 0 fully saturated rings. The first kappa shape index (κ1) is 10.9. The van der Waals surface area contributed by atoms with Gasteiger partial charge in [0.05, 0.1) is 5.92 Å². The van der Waals surface area contributed by atoms with E-state index in [1.807, 2.05) is 13.8 Å². The Morgan fingerprint density at radius 1 is 1.64 bits per heavy atom. The second kappa shape index (κ2) is 4.91. The van der Waals surface area contributed by atoms with E-state index in [2.05, 4.69) is 0 Å². The van der Waals surface area contributed by atoms with Crippen LogP contribution >= 0.6 is 12.2 Å². The Labute approximate surface area is 88.3 Å². The standard InChI is InChI=1S/C10H13NO2S/c1-3-8(2)10(12)13-11-7-5-4-6-9(11)14/h4-8H,3H2,1-2H3. The Bertz CT molecular complexity index is 372. The van der Waals surface area contributed by atoms with E-state index in [9.17, 15) is 4.79 Å². The van der Waals surface area contributed by atoms with Gasteiger partial charge in [0.1, 0.15) is 4.64 Å². The number of hydrogen-bond donors (Lipinski definition) is 0. The zero-order valence-electron chi connectivity index (χ0n) is 8.27. The minimum absolute atomic E-state index is 0.0999. The average molecular weight is 211 g/mol. The lowest BCUT2D eigenvalue weighted by Crippen LogP contribution is -2.25. The molecule has 1 rings (SSSR count). The van der Waals surface area contributed by atoms with E-state index in [4.69, 9.17) is 17.1 Å². The van der Waals surface area contributed by atoms with E-state index < -0.39 is 0 Å². The van der Waals surface area contributed by atoms with Gasteiger partial charge in [-0.3, -0.25) is 0 Å². The molecule has 0 amide bonds. The molecule has 0 spiro atoms. The molecular formula is C10H13NO2S. The van der Waals surface area contributed by atoms with Crippen LogP contribution in [-0.2, 0) is 4.79 Å². The van der Waals surface area contributed by atoms with Crippen molar-refractivity contribution in [2.75, 3.05) is 0 Å². The maximum Gasteiger partial charge on any atom is 0.335 e. The molecule has 0 aliphatic rings. The smallest absolute Gasteiger partial charge is 0.335 e. The first-order valence-corrected chi connectivity index (χ1v) is 4.96. The van der Waals surface area contributed by atoms with Gasteiger partial charge in [0.25, 0.3) is 0 Å². The van der Waals surface area contributed by atoms with Crippen molar-refractivity contribution in [1.29, 1.82) is 0 Å². The summed E-state index contributed by atoms with van der Waals surface area (Å²) in [4.78, 5) is 16.5. The van der Waals surface area contributed by atoms with E-state index in [0.29, 0.717) is 4.64 Å². The van der Waals surface area contributed by atoms with Crippen molar-refractivity contribution in [3.05, 3.63) is 29.0 Å². The molecule has 0 aliphatic carbocycles. The van der Waals surface area contributed by atoms with Gasteiger partial charge in [-0.25, -0.2) is 4.79 Å². The summed E-state index contributed by atoms with van der Waals surface area (Å²) in [6, 6.07) is 5.27. The van der Waals surface area contributed by atoms with Crippen LogP contribution in [0.5, 0.6) is 0 Å². The Hall–Kier alpha value is -1.16. The van der Waals surface area contributed by atoms with Crippen molar-refractivity contribution < 1.29 is 9.63 Å². The minimum atomic E-state index is -0.255. The van der Waals surface area contributed by atoms with Crippen LogP contribution in [0, 0.1) is 10.6 Å². The van der Waals surface area contributed by atoms with Crippen LogP contribution in [0.3, 0.4) is 0 Å². The first-order valence-electron chi connectivity index (χ1n) is 4.55. The Morgan fingerprint density at radius 3 is 2.93 bits per heavy atom. The molecule has 0 N–H and O–H groups in total. The third-order valence-electron chi connectivity index (χ3n) is 1.99. The van der Waals surface area contributed by atoms with Gasteiger partial charge in [-0.2, -0.15) is 4.73 Å². The number of hydrogen-bond acceptors (Lipinski definition) is 3. The molecule has 0 saturated carbocycles. The number of nitrogens with zero attached hydrogens (tertiary/aromatic N) is 1. The maximum atomic E-state index is 11.4. The molecule has 1 atom stereocenters. The third kappa shape index (κ3) is 2.67. The molecule has 1 heterocycles. The zero-order valence-corrected chi connectivity index (χ0v) is 9.08. The summed E-state index contributed by atoms with van der Waals surface area (Å²) in [5, 5.41) is 0. The highest BCUT2D eigenvalue weighted by atomic mass is 32.1. The lowest BCUT2D eigenvalue weighted by atomic mass is 10.1. The van der Waals surface area contributed by atoms with Gasteiger partial charge in [0.2, 0.25) is 0 Å². The van der Waals surface area contributed by atoms with Gasteiger partial charge in [0, 0.05) is 6.20 Å². The number of carbonyl (C=O) groups excluding carboxylic acids is 1. The lowest BCUT2D eigenvalue weighted by molar-refractivity contribution is -0.148. The lowest BCUT2D eigenvalue weighted by Gasteiger charge is -2.10. The number of aromatic nitrogens is 1. The number of pyridine rings is 1. The SMILES string of the molecule is CCC(C)C(=O)On1ccccc1=S. The Kier molecular flexibility index (Phi) is 3.83. The van der Waals surface area contributed by atoms with Crippen molar-refractivity contribution in [2.24, 2.45) is 5.92 Å². The second-order valence-corrected chi connectivity index (χ2v) is 3.50. The van der Waals surface area contributed by atoms with Gasteiger partial charge in [-0.1, -0.05) is 32.1 Å². The van der Waals surface area contributed by atoms with Crippen LogP contribution < -0.4 is 4.84 Å². The van der Waals surface area contributed by atoms with E-state index in [1.54, 1.807) is 24.4 Å². The summed E-state index contributed by atoms with van der Waals surface area (Å²) < 4.78 is 1.80. The molecule has 0 aliphatic heterocycles. The first-order chi connectivity index (χ1) is 6.65. The predicted octanol–water partition coefficient (Wildman–Crippen LogP) is 2.22. The molecule has 0 bridgehead atoms.